The van der Waals surface area contributed by atoms with E-state index in [-0.39, 0.29) is 5.82 Å². The van der Waals surface area contributed by atoms with E-state index in [9.17, 15) is 0 Å². The van der Waals surface area contributed by atoms with Crippen molar-refractivity contribution >= 4 is 7.85 Å². The molecule has 0 saturated carbocycles. The van der Waals surface area contributed by atoms with Crippen molar-refractivity contribution in [2.75, 3.05) is 0 Å². The Morgan fingerprint density at radius 1 is 1.24 bits per heavy atom. The van der Waals surface area contributed by atoms with Crippen LogP contribution in [0.3, 0.4) is 0 Å². The van der Waals surface area contributed by atoms with Crippen LogP contribution in [0.2, 0.25) is 5.82 Å². The van der Waals surface area contributed by atoms with Crippen LogP contribution >= 0.6 is 0 Å². The molecule has 1 aliphatic rings. The van der Waals surface area contributed by atoms with E-state index in [0.717, 1.165) is 25.7 Å². The average Bonchev–Trinajstić information content (AvgIpc) is 2.55. The molecule has 17 heavy (non-hydrogen) atoms. The van der Waals surface area contributed by atoms with Crippen molar-refractivity contribution in [1.82, 2.24) is 0 Å². The molecule has 7 nitrogen and oxygen atoms in total. The third-order valence-electron chi connectivity index (χ3n) is 2.87. The molecule has 0 bridgehead atoms. The fourth-order valence-corrected chi connectivity index (χ4v) is 1.79. The van der Waals surface area contributed by atoms with Gasteiger partial charge in [-0.15, -0.1) is 0 Å². The van der Waals surface area contributed by atoms with Crippen LogP contribution in [0.5, 0.6) is 0 Å². The zero-order chi connectivity index (χ0) is 12.6. The summed E-state index contributed by atoms with van der Waals surface area (Å²) in [4.78, 5) is 5.21. The summed E-state index contributed by atoms with van der Waals surface area (Å²) in [5.74, 6) is 0.204. The van der Waals surface area contributed by atoms with E-state index in [1.807, 2.05) is 20.8 Å². The standard InChI is InChI=1S/C9H17BO7/c1-8(10)9(6-4-2-3-5-7-9)12-14-16-17-15-13-11/h4,6,8,11H,2-3,5,7,10H2,1H3. The molecule has 0 spiro atoms. The highest BCUT2D eigenvalue weighted by Crippen LogP contribution is 2.34. The van der Waals surface area contributed by atoms with Gasteiger partial charge >= 0.3 is 0 Å². The van der Waals surface area contributed by atoms with Gasteiger partial charge < -0.3 is 0 Å². The highest BCUT2D eigenvalue weighted by molar-refractivity contribution is 6.12. The molecule has 1 rings (SSSR count). The number of hydrogen-bond donors (Lipinski definition) is 1. The zero-order valence-electron chi connectivity index (χ0n) is 9.96. The molecule has 0 aliphatic heterocycles. The lowest BCUT2D eigenvalue weighted by Gasteiger charge is -2.31. The maximum absolute atomic E-state index is 7.76. The summed E-state index contributed by atoms with van der Waals surface area (Å²) >= 11 is 0. The molecule has 8 heteroatoms. The van der Waals surface area contributed by atoms with Gasteiger partial charge in [-0.3, -0.25) is 0 Å². The number of hydrogen-bond acceptors (Lipinski definition) is 7. The van der Waals surface area contributed by atoms with Crippen molar-refractivity contribution in [3.05, 3.63) is 12.2 Å². The van der Waals surface area contributed by atoms with Crippen LogP contribution < -0.4 is 0 Å². The summed E-state index contributed by atoms with van der Waals surface area (Å²) in [6.07, 6.45) is 8.03. The second-order valence-electron chi connectivity index (χ2n) is 4.19. The summed E-state index contributed by atoms with van der Waals surface area (Å²) in [5, 5.41) is 26.7. The Labute approximate surface area is 100 Å². The Hall–Kier alpha value is -0.475. The van der Waals surface area contributed by atoms with Crippen LogP contribution in [-0.2, 0) is 30.1 Å². The van der Waals surface area contributed by atoms with E-state index < -0.39 is 5.60 Å². The third kappa shape index (κ3) is 4.72. The minimum atomic E-state index is -0.556. The maximum Gasteiger partial charge on any atom is 0.120 e. The van der Waals surface area contributed by atoms with Gasteiger partial charge in [-0.25, -0.2) is 5.26 Å². The smallest absolute Gasteiger partial charge is 0.120 e. The van der Waals surface area contributed by atoms with Gasteiger partial charge in [0.2, 0.25) is 0 Å². The first kappa shape index (κ1) is 14.6. The molecule has 0 amide bonds. The Balaban J connectivity index is 2.41. The van der Waals surface area contributed by atoms with E-state index in [4.69, 9.17) is 10.1 Å². The molecular formula is C9H17BO7. The summed E-state index contributed by atoms with van der Waals surface area (Å²) in [7, 11) is 2.02. The Morgan fingerprint density at radius 3 is 2.71 bits per heavy atom. The average molecular weight is 248 g/mol. The topological polar surface area (TPSA) is 75.6 Å². The largest absolute Gasteiger partial charge is 0.219 e. The summed E-state index contributed by atoms with van der Waals surface area (Å²) in [5.41, 5.74) is -0.556. The second kappa shape index (κ2) is 7.77. The van der Waals surface area contributed by atoms with Gasteiger partial charge in [-0.2, -0.15) is 4.89 Å². The van der Waals surface area contributed by atoms with Crippen LogP contribution in [0, 0.1) is 0 Å². The van der Waals surface area contributed by atoms with Gasteiger partial charge in [-0.05, 0) is 56.7 Å². The SMILES string of the molecule is BC(C)C1(OOOOOOO)C=CCCCC1. The van der Waals surface area contributed by atoms with Crippen molar-refractivity contribution in [2.24, 2.45) is 0 Å². The van der Waals surface area contributed by atoms with Crippen LogP contribution in [0.15, 0.2) is 12.2 Å². The number of rotatable bonds is 7. The van der Waals surface area contributed by atoms with Crippen LogP contribution in [0.25, 0.3) is 0 Å². The molecule has 0 aromatic heterocycles. The van der Waals surface area contributed by atoms with Crippen molar-refractivity contribution in [3.8, 4) is 0 Å². The fourth-order valence-electron chi connectivity index (χ4n) is 1.79. The Kier molecular flexibility index (Phi) is 6.67. The molecule has 0 fully saturated rings. The van der Waals surface area contributed by atoms with Crippen molar-refractivity contribution in [3.63, 3.8) is 0 Å². The molecule has 98 valence electrons. The van der Waals surface area contributed by atoms with Gasteiger partial charge in [0.25, 0.3) is 0 Å². The lowest BCUT2D eigenvalue weighted by atomic mass is 9.72. The van der Waals surface area contributed by atoms with Crippen molar-refractivity contribution in [2.45, 2.75) is 44.0 Å². The molecule has 2 unspecified atom stereocenters. The predicted molar refractivity (Wildman–Crippen MR) is 57.4 cm³/mol. The summed E-state index contributed by atoms with van der Waals surface area (Å²) in [6, 6.07) is 0. The van der Waals surface area contributed by atoms with Crippen LogP contribution in [0.1, 0.15) is 32.6 Å². The van der Waals surface area contributed by atoms with E-state index >= 15 is 0 Å². The molecule has 0 aromatic carbocycles. The van der Waals surface area contributed by atoms with Crippen molar-refractivity contribution < 1.29 is 35.3 Å². The highest BCUT2D eigenvalue weighted by atomic mass is 17.9. The van der Waals surface area contributed by atoms with Crippen LogP contribution in [-0.4, -0.2) is 18.7 Å². The van der Waals surface area contributed by atoms with Gasteiger partial charge in [0, 0.05) is 0 Å². The molecule has 0 radical (unpaired) electrons. The van der Waals surface area contributed by atoms with Gasteiger partial charge in [0.1, 0.15) is 13.4 Å². The summed E-state index contributed by atoms with van der Waals surface area (Å²) < 4.78 is 0. The molecule has 2 atom stereocenters. The van der Waals surface area contributed by atoms with E-state index in [0.29, 0.717) is 0 Å². The fraction of sp³-hybridized carbons (Fsp3) is 0.778. The molecule has 1 N–H and O–H groups in total. The van der Waals surface area contributed by atoms with E-state index in [2.05, 4.69) is 31.3 Å². The normalized spacial score (nSPS) is 26.7. The van der Waals surface area contributed by atoms with Crippen molar-refractivity contribution in [1.29, 1.82) is 0 Å². The molecule has 0 heterocycles. The molecular weight excluding hydrogens is 231 g/mol. The first-order chi connectivity index (χ1) is 8.21. The Morgan fingerprint density at radius 2 is 2.00 bits per heavy atom. The summed E-state index contributed by atoms with van der Waals surface area (Å²) in [6.45, 7) is 2.02. The molecule has 1 aliphatic carbocycles. The maximum atomic E-state index is 7.76. The first-order valence-corrected chi connectivity index (χ1v) is 5.55. The molecule has 0 saturated heterocycles. The predicted octanol–water partition coefficient (Wildman–Crippen LogP) is 1.44. The number of allylic oxidation sites excluding steroid dienone is 1. The van der Waals surface area contributed by atoms with Gasteiger partial charge in [0.15, 0.2) is 0 Å². The third-order valence-corrected chi connectivity index (χ3v) is 2.87. The van der Waals surface area contributed by atoms with E-state index in [1.165, 1.54) is 0 Å². The van der Waals surface area contributed by atoms with E-state index in [1.54, 1.807) is 0 Å². The second-order valence-corrected chi connectivity index (χ2v) is 4.19. The zero-order valence-corrected chi connectivity index (χ0v) is 9.96. The first-order valence-electron chi connectivity index (χ1n) is 5.55. The van der Waals surface area contributed by atoms with Gasteiger partial charge in [-0.1, -0.05) is 19.1 Å². The molecule has 0 aromatic rings. The van der Waals surface area contributed by atoms with Crippen LogP contribution in [0.4, 0.5) is 0 Å². The lowest BCUT2D eigenvalue weighted by Crippen LogP contribution is -2.34. The highest BCUT2D eigenvalue weighted by Gasteiger charge is 2.34. The van der Waals surface area contributed by atoms with Gasteiger partial charge in [0.05, 0.1) is 0 Å². The monoisotopic (exact) mass is 248 g/mol. The quantitative estimate of drug-likeness (QED) is 0.240. The lowest BCUT2D eigenvalue weighted by molar-refractivity contribution is -0.791. The Bertz CT molecular complexity index is 235. The minimum absolute atomic E-state index is 0.204. The minimum Gasteiger partial charge on any atom is -0.219 e.